The summed E-state index contributed by atoms with van der Waals surface area (Å²) in [7, 11) is -3.06. The maximum atomic E-state index is 12.6. The normalized spacial score (nSPS) is 18.2. The van der Waals surface area contributed by atoms with Gasteiger partial charge in [0.1, 0.15) is 0 Å². The number of amides is 1. The highest BCUT2D eigenvalue weighted by Crippen LogP contribution is 2.32. The molecule has 1 aromatic carbocycles. The largest absolute Gasteiger partial charge is 0.347 e. The molecule has 1 aliphatic rings. The fraction of sp³-hybridized carbons (Fsp3) is 0.263. The van der Waals surface area contributed by atoms with Crippen LogP contribution >= 0.6 is 22.9 Å². The standard InChI is InChI=1S/C19H18ClN3O3S2/c20-14-5-3-13(4-6-14)11-21-19(24)16-10-17(18-2-1-8-27-18)23(22-16)15-7-9-28(25,26)12-15/h1-6,8,10,15H,7,9,11-12H2,(H,21,24)/t15-/m0/s1. The van der Waals surface area contributed by atoms with E-state index < -0.39 is 9.84 Å². The SMILES string of the molecule is O=C(NCc1ccc(Cl)cc1)c1cc(-c2cccs2)n([C@H]2CCS(=O)(=O)C2)n1. The van der Waals surface area contributed by atoms with Crippen LogP contribution in [-0.4, -0.2) is 35.6 Å². The van der Waals surface area contributed by atoms with E-state index in [4.69, 9.17) is 11.6 Å². The van der Waals surface area contributed by atoms with E-state index >= 15 is 0 Å². The van der Waals surface area contributed by atoms with E-state index in [-0.39, 0.29) is 29.1 Å². The number of aromatic nitrogens is 2. The van der Waals surface area contributed by atoms with Crippen molar-refractivity contribution in [3.63, 3.8) is 0 Å². The Morgan fingerprint density at radius 2 is 2.07 bits per heavy atom. The first-order chi connectivity index (χ1) is 13.4. The van der Waals surface area contributed by atoms with Gasteiger partial charge in [0.25, 0.3) is 5.91 Å². The van der Waals surface area contributed by atoms with E-state index in [1.165, 1.54) is 11.3 Å². The third-order valence-electron chi connectivity index (χ3n) is 4.66. The maximum Gasteiger partial charge on any atom is 0.272 e. The van der Waals surface area contributed by atoms with E-state index in [0.717, 1.165) is 16.1 Å². The summed E-state index contributed by atoms with van der Waals surface area (Å²) in [5.41, 5.74) is 1.98. The zero-order valence-corrected chi connectivity index (χ0v) is 17.2. The molecule has 0 radical (unpaired) electrons. The number of nitrogens with one attached hydrogen (secondary N) is 1. The predicted molar refractivity (Wildman–Crippen MR) is 110 cm³/mol. The van der Waals surface area contributed by atoms with Crippen LogP contribution in [0.4, 0.5) is 0 Å². The first-order valence-electron chi connectivity index (χ1n) is 8.78. The van der Waals surface area contributed by atoms with Crippen molar-refractivity contribution in [2.75, 3.05) is 11.5 Å². The van der Waals surface area contributed by atoms with Gasteiger partial charge in [-0.25, -0.2) is 8.42 Å². The summed E-state index contributed by atoms with van der Waals surface area (Å²) >= 11 is 7.41. The Bertz CT molecular complexity index is 1090. The van der Waals surface area contributed by atoms with Gasteiger partial charge in [-0.1, -0.05) is 29.8 Å². The van der Waals surface area contributed by atoms with Gasteiger partial charge in [-0.15, -0.1) is 11.3 Å². The van der Waals surface area contributed by atoms with Crippen LogP contribution in [-0.2, 0) is 16.4 Å². The number of carbonyl (C=O) groups is 1. The highest BCUT2D eigenvalue weighted by molar-refractivity contribution is 7.91. The Kier molecular flexibility index (Phi) is 5.27. The lowest BCUT2D eigenvalue weighted by Gasteiger charge is -2.12. The number of carbonyl (C=O) groups excluding carboxylic acids is 1. The van der Waals surface area contributed by atoms with Crippen molar-refractivity contribution in [1.29, 1.82) is 0 Å². The first-order valence-corrected chi connectivity index (χ1v) is 11.9. The average Bonchev–Trinajstić information content (AvgIpc) is 3.39. The molecular formula is C19H18ClN3O3S2. The summed E-state index contributed by atoms with van der Waals surface area (Å²) in [5.74, 6) is -0.0920. The van der Waals surface area contributed by atoms with Crippen LogP contribution in [0.25, 0.3) is 10.6 Å². The number of rotatable bonds is 5. The topological polar surface area (TPSA) is 81.1 Å². The molecule has 9 heteroatoms. The summed E-state index contributed by atoms with van der Waals surface area (Å²) in [6.07, 6.45) is 0.508. The molecular weight excluding hydrogens is 418 g/mol. The Hall–Kier alpha value is -2.16. The molecule has 0 saturated carbocycles. The minimum Gasteiger partial charge on any atom is -0.347 e. The van der Waals surface area contributed by atoms with Crippen molar-refractivity contribution in [1.82, 2.24) is 15.1 Å². The van der Waals surface area contributed by atoms with Crippen molar-refractivity contribution >= 4 is 38.7 Å². The Labute approximate surface area is 172 Å². The van der Waals surface area contributed by atoms with Gasteiger partial charge in [0.2, 0.25) is 0 Å². The summed E-state index contributed by atoms with van der Waals surface area (Å²) in [6, 6.07) is 12.6. The first kappa shape index (κ1) is 19.2. The zero-order chi connectivity index (χ0) is 19.7. The van der Waals surface area contributed by atoms with Crippen LogP contribution in [0.5, 0.6) is 0 Å². The molecule has 6 nitrogen and oxygen atoms in total. The van der Waals surface area contributed by atoms with Crippen molar-refractivity contribution in [3.05, 3.63) is 64.1 Å². The Balaban J connectivity index is 1.58. The van der Waals surface area contributed by atoms with Gasteiger partial charge in [-0.3, -0.25) is 9.48 Å². The number of halogens is 1. The summed E-state index contributed by atoms with van der Waals surface area (Å²) < 4.78 is 25.5. The molecule has 146 valence electrons. The van der Waals surface area contributed by atoms with Gasteiger partial charge in [0.15, 0.2) is 15.5 Å². The number of nitrogens with zero attached hydrogens (tertiary/aromatic N) is 2. The number of hydrogen-bond donors (Lipinski definition) is 1. The van der Waals surface area contributed by atoms with E-state index in [0.29, 0.717) is 18.0 Å². The molecule has 4 rings (SSSR count). The number of benzene rings is 1. The quantitative estimate of drug-likeness (QED) is 0.664. The van der Waals surface area contributed by atoms with Gasteiger partial charge in [0.05, 0.1) is 28.1 Å². The lowest BCUT2D eigenvalue weighted by Crippen LogP contribution is -2.23. The summed E-state index contributed by atoms with van der Waals surface area (Å²) in [6.45, 7) is 0.356. The molecule has 0 unspecified atom stereocenters. The molecule has 3 aromatic rings. The smallest absolute Gasteiger partial charge is 0.272 e. The zero-order valence-electron chi connectivity index (χ0n) is 14.8. The van der Waals surface area contributed by atoms with E-state index in [2.05, 4.69) is 10.4 Å². The molecule has 2 aromatic heterocycles. The Morgan fingerprint density at radius 1 is 1.29 bits per heavy atom. The van der Waals surface area contributed by atoms with Gasteiger partial charge < -0.3 is 5.32 Å². The highest BCUT2D eigenvalue weighted by Gasteiger charge is 2.32. The van der Waals surface area contributed by atoms with E-state index in [1.807, 2.05) is 29.6 Å². The molecule has 1 atom stereocenters. The van der Waals surface area contributed by atoms with Gasteiger partial charge in [0, 0.05) is 11.6 Å². The predicted octanol–water partition coefficient (Wildman–Crippen LogP) is 3.55. The second-order valence-electron chi connectivity index (χ2n) is 6.70. The van der Waals surface area contributed by atoms with E-state index in [1.54, 1.807) is 22.9 Å². The monoisotopic (exact) mass is 435 g/mol. The van der Waals surface area contributed by atoms with Crippen LogP contribution in [0.1, 0.15) is 28.5 Å². The van der Waals surface area contributed by atoms with Crippen LogP contribution in [0, 0.1) is 0 Å². The van der Waals surface area contributed by atoms with Crippen molar-refractivity contribution in [2.45, 2.75) is 19.0 Å². The fourth-order valence-electron chi connectivity index (χ4n) is 3.24. The lowest BCUT2D eigenvalue weighted by molar-refractivity contribution is 0.0945. The van der Waals surface area contributed by atoms with Gasteiger partial charge in [-0.2, -0.15) is 5.10 Å². The summed E-state index contributed by atoms with van der Waals surface area (Å²) in [5, 5.41) is 9.90. The average molecular weight is 436 g/mol. The molecule has 1 fully saturated rings. The van der Waals surface area contributed by atoms with Crippen molar-refractivity contribution in [2.24, 2.45) is 0 Å². The minimum absolute atomic E-state index is 0.0545. The molecule has 1 amide bonds. The molecule has 0 bridgehead atoms. The van der Waals surface area contributed by atoms with Crippen LogP contribution in [0.3, 0.4) is 0 Å². The van der Waals surface area contributed by atoms with E-state index in [9.17, 15) is 13.2 Å². The second kappa shape index (κ2) is 7.69. The molecule has 1 N–H and O–H groups in total. The maximum absolute atomic E-state index is 12.6. The van der Waals surface area contributed by atoms with Gasteiger partial charge in [-0.05, 0) is 41.6 Å². The van der Waals surface area contributed by atoms with Crippen LogP contribution < -0.4 is 5.32 Å². The number of thiophene rings is 1. The highest BCUT2D eigenvalue weighted by atomic mass is 35.5. The fourth-order valence-corrected chi connectivity index (χ4v) is 5.79. The number of sulfone groups is 1. The third-order valence-corrected chi connectivity index (χ3v) is 7.56. The molecule has 3 heterocycles. The number of hydrogen-bond acceptors (Lipinski definition) is 5. The molecule has 0 aliphatic carbocycles. The van der Waals surface area contributed by atoms with Crippen molar-refractivity contribution in [3.8, 4) is 10.6 Å². The minimum atomic E-state index is -3.06. The Morgan fingerprint density at radius 3 is 2.71 bits per heavy atom. The summed E-state index contributed by atoms with van der Waals surface area (Å²) in [4.78, 5) is 13.6. The molecule has 0 spiro atoms. The molecule has 1 saturated heterocycles. The third kappa shape index (κ3) is 4.14. The van der Waals surface area contributed by atoms with Crippen LogP contribution in [0.15, 0.2) is 47.8 Å². The van der Waals surface area contributed by atoms with Crippen LogP contribution in [0.2, 0.25) is 5.02 Å². The molecule has 28 heavy (non-hydrogen) atoms. The van der Waals surface area contributed by atoms with Gasteiger partial charge >= 0.3 is 0 Å². The van der Waals surface area contributed by atoms with Crippen molar-refractivity contribution < 1.29 is 13.2 Å². The molecule has 1 aliphatic heterocycles. The second-order valence-corrected chi connectivity index (χ2v) is 10.3. The lowest BCUT2D eigenvalue weighted by atomic mass is 10.2.